The summed E-state index contributed by atoms with van der Waals surface area (Å²) in [5.41, 5.74) is 0. The minimum Gasteiger partial charge on any atom is -0.353 e. The van der Waals surface area contributed by atoms with Gasteiger partial charge in [0.2, 0.25) is 5.91 Å². The minimum absolute atomic E-state index is 0.0593. The first-order chi connectivity index (χ1) is 7.93. The lowest BCUT2D eigenvalue weighted by atomic mass is 10.2. The van der Waals surface area contributed by atoms with Crippen LogP contribution in [0.5, 0.6) is 0 Å². The summed E-state index contributed by atoms with van der Waals surface area (Å²) in [6.45, 7) is 2.12. The number of sulfonamides is 1. The summed E-state index contributed by atoms with van der Waals surface area (Å²) in [7, 11) is -3.68. The van der Waals surface area contributed by atoms with Crippen molar-refractivity contribution < 1.29 is 13.2 Å². The fourth-order valence-electron chi connectivity index (χ4n) is 1.56. The third kappa shape index (κ3) is 2.30. The van der Waals surface area contributed by atoms with E-state index >= 15 is 0 Å². The molecule has 1 amide bonds. The Kier molecular flexibility index (Phi) is 3.39. The Labute approximate surface area is 108 Å². The number of nitrogens with zero attached hydrogens (tertiary/aromatic N) is 2. The number of hydrogen-bond donors (Lipinski definition) is 1. The van der Waals surface area contributed by atoms with Gasteiger partial charge in [-0.3, -0.25) is 4.79 Å². The van der Waals surface area contributed by atoms with Gasteiger partial charge in [0.05, 0.1) is 6.20 Å². The Balaban J connectivity index is 2.35. The number of halogens is 1. The molecule has 0 aliphatic carbocycles. The first kappa shape index (κ1) is 12.7. The lowest BCUT2D eigenvalue weighted by Gasteiger charge is -2.31. The summed E-state index contributed by atoms with van der Waals surface area (Å²) in [4.78, 5) is 15.1. The largest absolute Gasteiger partial charge is 0.353 e. The molecule has 1 fully saturated rings. The molecule has 1 atom stereocenters. The number of hydrogen-bond acceptors (Lipinski definition) is 5. The van der Waals surface area contributed by atoms with E-state index in [1.54, 1.807) is 6.92 Å². The van der Waals surface area contributed by atoms with E-state index in [0.717, 1.165) is 15.6 Å². The predicted octanol–water partition coefficient (Wildman–Crippen LogP) is 0.306. The van der Waals surface area contributed by atoms with Gasteiger partial charge in [-0.15, -0.1) is 0 Å². The van der Waals surface area contributed by atoms with Crippen molar-refractivity contribution in [1.82, 2.24) is 14.6 Å². The molecule has 1 aliphatic rings. The molecule has 0 bridgehead atoms. The maximum absolute atomic E-state index is 12.2. The van der Waals surface area contributed by atoms with Gasteiger partial charge in [0, 0.05) is 13.1 Å². The molecule has 0 radical (unpaired) electrons. The molecule has 0 spiro atoms. The third-order valence-electron chi connectivity index (χ3n) is 2.46. The van der Waals surface area contributed by atoms with Crippen LogP contribution in [0.4, 0.5) is 0 Å². The highest BCUT2D eigenvalue weighted by Gasteiger charge is 2.36. The van der Waals surface area contributed by atoms with E-state index in [0.29, 0.717) is 6.54 Å². The van der Waals surface area contributed by atoms with Crippen molar-refractivity contribution in [2.75, 3.05) is 13.1 Å². The van der Waals surface area contributed by atoms with E-state index in [9.17, 15) is 13.2 Å². The molecule has 2 rings (SSSR count). The second-order valence-corrected chi connectivity index (χ2v) is 7.25. The van der Waals surface area contributed by atoms with Gasteiger partial charge in [0.15, 0.2) is 8.68 Å². The number of rotatable bonds is 2. The van der Waals surface area contributed by atoms with Gasteiger partial charge in [-0.2, -0.15) is 4.31 Å². The van der Waals surface area contributed by atoms with Crippen LogP contribution in [0.15, 0.2) is 10.4 Å². The van der Waals surface area contributed by atoms with Crippen molar-refractivity contribution in [3.8, 4) is 0 Å². The first-order valence-corrected chi connectivity index (χ1v) is 7.47. The molecule has 0 aromatic carbocycles. The normalized spacial score (nSPS) is 22.5. The van der Waals surface area contributed by atoms with Gasteiger partial charge in [-0.25, -0.2) is 13.4 Å². The molecule has 1 aromatic heterocycles. The average molecular weight is 296 g/mol. The number of nitrogens with one attached hydrogen (secondary N) is 1. The SMILES string of the molecule is CC1C(=O)NCCN1S(=O)(=O)c1cnc(Cl)s1. The minimum atomic E-state index is -3.68. The molecule has 1 aliphatic heterocycles. The highest BCUT2D eigenvalue weighted by molar-refractivity contribution is 7.91. The van der Waals surface area contributed by atoms with Crippen LogP contribution in [0.2, 0.25) is 4.47 Å². The van der Waals surface area contributed by atoms with Crippen LogP contribution < -0.4 is 5.32 Å². The van der Waals surface area contributed by atoms with E-state index in [1.165, 1.54) is 6.20 Å². The fourth-order valence-corrected chi connectivity index (χ4v) is 4.58. The molecule has 1 aromatic rings. The van der Waals surface area contributed by atoms with E-state index in [1.807, 2.05) is 0 Å². The highest BCUT2D eigenvalue weighted by atomic mass is 35.5. The van der Waals surface area contributed by atoms with Gasteiger partial charge < -0.3 is 5.32 Å². The van der Waals surface area contributed by atoms with Crippen molar-refractivity contribution in [1.29, 1.82) is 0 Å². The summed E-state index contributed by atoms with van der Waals surface area (Å²) in [6, 6.07) is -0.713. The quantitative estimate of drug-likeness (QED) is 0.851. The molecular formula is C8H10ClN3O3S2. The molecule has 1 unspecified atom stereocenters. The smallest absolute Gasteiger partial charge is 0.254 e. The highest BCUT2D eigenvalue weighted by Crippen LogP contribution is 2.27. The van der Waals surface area contributed by atoms with Gasteiger partial charge in [-0.05, 0) is 6.92 Å². The monoisotopic (exact) mass is 295 g/mol. The van der Waals surface area contributed by atoms with Crippen LogP contribution in [0, 0.1) is 0 Å². The van der Waals surface area contributed by atoms with Crippen molar-refractivity contribution in [3.05, 3.63) is 10.7 Å². The number of thiazole rings is 1. The summed E-state index contributed by atoms with van der Waals surface area (Å²) in [5.74, 6) is -0.296. The molecule has 1 saturated heterocycles. The zero-order chi connectivity index (χ0) is 12.6. The maximum Gasteiger partial charge on any atom is 0.254 e. The van der Waals surface area contributed by atoms with E-state index in [-0.39, 0.29) is 21.1 Å². The molecule has 17 heavy (non-hydrogen) atoms. The summed E-state index contributed by atoms with van der Waals surface area (Å²) < 4.78 is 25.8. The van der Waals surface area contributed by atoms with E-state index in [4.69, 9.17) is 11.6 Å². The Morgan fingerprint density at radius 3 is 2.94 bits per heavy atom. The predicted molar refractivity (Wildman–Crippen MR) is 63.5 cm³/mol. The molecule has 1 N–H and O–H groups in total. The third-order valence-corrected chi connectivity index (χ3v) is 5.98. The van der Waals surface area contributed by atoms with Crippen LogP contribution in [-0.4, -0.2) is 42.7 Å². The van der Waals surface area contributed by atoms with Gasteiger partial charge in [-0.1, -0.05) is 22.9 Å². The lowest BCUT2D eigenvalue weighted by Crippen LogP contribution is -2.55. The first-order valence-electron chi connectivity index (χ1n) is 4.84. The van der Waals surface area contributed by atoms with Crippen molar-refractivity contribution in [3.63, 3.8) is 0 Å². The van der Waals surface area contributed by atoms with Crippen LogP contribution in [0.3, 0.4) is 0 Å². The van der Waals surface area contributed by atoms with Gasteiger partial charge >= 0.3 is 0 Å². The van der Waals surface area contributed by atoms with Crippen LogP contribution in [-0.2, 0) is 14.8 Å². The van der Waals surface area contributed by atoms with E-state index in [2.05, 4.69) is 10.3 Å². The van der Waals surface area contributed by atoms with Gasteiger partial charge in [0.25, 0.3) is 10.0 Å². The molecular weight excluding hydrogens is 286 g/mol. The Bertz CT molecular complexity index is 542. The number of carbonyl (C=O) groups is 1. The Morgan fingerprint density at radius 1 is 1.65 bits per heavy atom. The van der Waals surface area contributed by atoms with Crippen LogP contribution in [0.1, 0.15) is 6.92 Å². The second-order valence-electron chi connectivity index (χ2n) is 3.52. The van der Waals surface area contributed by atoms with E-state index < -0.39 is 16.1 Å². The lowest BCUT2D eigenvalue weighted by molar-refractivity contribution is -0.126. The zero-order valence-corrected chi connectivity index (χ0v) is 11.3. The topological polar surface area (TPSA) is 79.4 Å². The summed E-state index contributed by atoms with van der Waals surface area (Å²) in [6.07, 6.45) is 1.21. The number of carbonyl (C=O) groups excluding carboxylic acids is 1. The van der Waals surface area contributed by atoms with Gasteiger partial charge in [0.1, 0.15) is 6.04 Å². The summed E-state index contributed by atoms with van der Waals surface area (Å²) >= 11 is 6.50. The average Bonchev–Trinajstić information content (AvgIpc) is 2.69. The molecule has 2 heterocycles. The molecule has 9 heteroatoms. The molecule has 94 valence electrons. The van der Waals surface area contributed by atoms with Crippen molar-refractivity contribution >= 4 is 38.9 Å². The molecule has 6 nitrogen and oxygen atoms in total. The fraction of sp³-hybridized carbons (Fsp3) is 0.500. The second kappa shape index (κ2) is 4.52. The van der Waals surface area contributed by atoms with Crippen LogP contribution in [0.25, 0.3) is 0 Å². The maximum atomic E-state index is 12.2. The van der Waals surface area contributed by atoms with Crippen molar-refractivity contribution in [2.24, 2.45) is 0 Å². The van der Waals surface area contributed by atoms with Crippen molar-refractivity contribution in [2.45, 2.75) is 17.2 Å². The number of piperazine rings is 1. The molecule has 0 saturated carbocycles. The number of aromatic nitrogens is 1. The van der Waals surface area contributed by atoms with Crippen LogP contribution >= 0.6 is 22.9 Å². The standard InChI is InChI=1S/C8H10ClN3O3S2/c1-5-7(13)10-2-3-12(5)17(14,15)6-4-11-8(9)16-6/h4-5H,2-3H2,1H3,(H,10,13). The zero-order valence-electron chi connectivity index (χ0n) is 8.88. The Hall–Kier alpha value is -0.700. The Morgan fingerprint density at radius 2 is 2.35 bits per heavy atom. The summed E-state index contributed by atoms with van der Waals surface area (Å²) in [5, 5.41) is 2.61. The number of amides is 1.